The molecule has 4 aromatic rings. The number of aryl methyl sites for hydroxylation is 1. The fourth-order valence-corrected chi connectivity index (χ4v) is 3.06. The van der Waals surface area contributed by atoms with Crippen LogP contribution in [0.2, 0.25) is 0 Å². The van der Waals surface area contributed by atoms with E-state index in [-0.39, 0.29) is 12.1 Å². The predicted molar refractivity (Wildman–Crippen MR) is 110 cm³/mol. The van der Waals surface area contributed by atoms with Crippen LogP contribution in [0.5, 0.6) is 0 Å². The molecule has 0 atom stereocenters. The number of fused-ring (bicyclic) bond motifs is 1. The molecule has 4 heterocycles. The molecule has 4 rings (SSSR count). The van der Waals surface area contributed by atoms with Crippen molar-refractivity contribution in [1.82, 2.24) is 24.6 Å². The van der Waals surface area contributed by atoms with E-state index in [9.17, 15) is 5.11 Å². The molecule has 29 heavy (non-hydrogen) atoms. The topological polar surface area (TPSA) is 101 Å². The molecule has 0 aliphatic heterocycles. The molecule has 0 unspecified atom stereocenters. The zero-order valence-electron chi connectivity index (χ0n) is 17.0. The maximum absolute atomic E-state index is 9.35. The number of aromatic nitrogens is 5. The maximum atomic E-state index is 9.35. The van der Waals surface area contributed by atoms with Gasteiger partial charge in [-0.05, 0) is 52.0 Å². The van der Waals surface area contributed by atoms with Gasteiger partial charge in [0.25, 0.3) is 0 Å². The lowest BCUT2D eigenvalue weighted by Crippen LogP contribution is -2.27. The van der Waals surface area contributed by atoms with Crippen molar-refractivity contribution in [2.75, 3.05) is 5.32 Å². The van der Waals surface area contributed by atoms with Crippen LogP contribution in [0.15, 0.2) is 40.9 Å². The molecule has 2 N–H and O–H groups in total. The number of aliphatic hydroxyl groups excluding tert-OH is 1. The minimum Gasteiger partial charge on any atom is -0.458 e. The van der Waals surface area contributed by atoms with E-state index < -0.39 is 0 Å². The number of pyridine rings is 1. The lowest BCUT2D eigenvalue weighted by Gasteiger charge is -2.20. The van der Waals surface area contributed by atoms with E-state index >= 15 is 0 Å². The van der Waals surface area contributed by atoms with Crippen molar-refractivity contribution < 1.29 is 9.52 Å². The van der Waals surface area contributed by atoms with E-state index in [4.69, 9.17) is 9.40 Å². The smallest absolute Gasteiger partial charge is 0.227 e. The van der Waals surface area contributed by atoms with Crippen molar-refractivity contribution in [3.63, 3.8) is 0 Å². The molecule has 0 aliphatic carbocycles. The standard InChI is InChI=1S/C21H24N6O2/c1-13-8-9-17(29-13)19-25-20(26-21(2,3)4)24-18-14(11-22-27(18)19)10-15-6-5-7-16(12-28)23-15/h5-9,11,28H,10,12H2,1-4H3,(H,24,26). The summed E-state index contributed by atoms with van der Waals surface area (Å²) in [6, 6.07) is 9.39. The Morgan fingerprint density at radius 2 is 1.86 bits per heavy atom. The number of anilines is 1. The molecular weight excluding hydrogens is 368 g/mol. The predicted octanol–water partition coefficient (Wildman–Crippen LogP) is 3.38. The molecule has 0 aromatic carbocycles. The number of hydrogen-bond acceptors (Lipinski definition) is 7. The summed E-state index contributed by atoms with van der Waals surface area (Å²) in [6.07, 6.45) is 2.32. The number of furan rings is 1. The lowest BCUT2D eigenvalue weighted by molar-refractivity contribution is 0.276. The van der Waals surface area contributed by atoms with Crippen LogP contribution in [0.3, 0.4) is 0 Å². The average Bonchev–Trinajstić information content (AvgIpc) is 3.27. The third-order valence-electron chi connectivity index (χ3n) is 4.29. The van der Waals surface area contributed by atoms with Crippen molar-refractivity contribution in [2.45, 2.75) is 46.3 Å². The number of nitrogens with zero attached hydrogens (tertiary/aromatic N) is 5. The van der Waals surface area contributed by atoms with Gasteiger partial charge < -0.3 is 14.8 Å². The molecule has 4 aromatic heterocycles. The first-order valence-electron chi connectivity index (χ1n) is 9.48. The Morgan fingerprint density at radius 1 is 1.07 bits per heavy atom. The van der Waals surface area contributed by atoms with Crippen LogP contribution < -0.4 is 5.32 Å². The van der Waals surface area contributed by atoms with Crippen molar-refractivity contribution in [3.05, 3.63) is 59.2 Å². The summed E-state index contributed by atoms with van der Waals surface area (Å²) in [5.41, 5.74) is 2.87. The Labute approximate surface area is 168 Å². The second kappa shape index (κ2) is 7.29. The first-order valence-corrected chi connectivity index (χ1v) is 9.48. The Morgan fingerprint density at radius 3 is 2.55 bits per heavy atom. The quantitative estimate of drug-likeness (QED) is 0.537. The van der Waals surface area contributed by atoms with Crippen molar-refractivity contribution in [2.24, 2.45) is 0 Å². The normalized spacial score (nSPS) is 11.9. The maximum Gasteiger partial charge on any atom is 0.227 e. The number of hydrogen-bond donors (Lipinski definition) is 2. The van der Waals surface area contributed by atoms with E-state index in [0.29, 0.717) is 35.3 Å². The summed E-state index contributed by atoms with van der Waals surface area (Å²) in [5, 5.41) is 17.2. The zero-order valence-corrected chi connectivity index (χ0v) is 17.0. The summed E-state index contributed by atoms with van der Waals surface area (Å²) in [4.78, 5) is 13.8. The third kappa shape index (κ3) is 4.12. The monoisotopic (exact) mass is 392 g/mol. The molecule has 150 valence electrons. The van der Waals surface area contributed by atoms with Gasteiger partial charge in [-0.25, -0.2) is 0 Å². The van der Waals surface area contributed by atoms with Gasteiger partial charge in [0.1, 0.15) is 5.76 Å². The first-order chi connectivity index (χ1) is 13.8. The third-order valence-corrected chi connectivity index (χ3v) is 4.29. The molecule has 8 heteroatoms. The van der Waals surface area contributed by atoms with Crippen LogP contribution in [0, 0.1) is 6.92 Å². The van der Waals surface area contributed by atoms with Gasteiger partial charge in [-0.2, -0.15) is 19.6 Å². The molecule has 8 nitrogen and oxygen atoms in total. The lowest BCUT2D eigenvalue weighted by atomic mass is 10.1. The van der Waals surface area contributed by atoms with Crippen LogP contribution in [0.4, 0.5) is 5.95 Å². The van der Waals surface area contributed by atoms with E-state index in [1.54, 1.807) is 16.8 Å². The van der Waals surface area contributed by atoms with Crippen molar-refractivity contribution in [3.8, 4) is 11.6 Å². The van der Waals surface area contributed by atoms with Gasteiger partial charge in [0, 0.05) is 23.2 Å². The molecule has 0 aliphatic rings. The first kappa shape index (κ1) is 19.1. The van der Waals surface area contributed by atoms with Crippen molar-refractivity contribution in [1.29, 1.82) is 0 Å². The summed E-state index contributed by atoms with van der Waals surface area (Å²) in [5.74, 6) is 2.52. The Balaban J connectivity index is 1.83. The zero-order chi connectivity index (χ0) is 20.6. The number of rotatable bonds is 5. The van der Waals surface area contributed by atoms with Crippen LogP contribution in [-0.2, 0) is 13.0 Å². The Bertz CT molecular complexity index is 1160. The summed E-state index contributed by atoms with van der Waals surface area (Å²) >= 11 is 0. The van der Waals surface area contributed by atoms with E-state index in [2.05, 4.69) is 41.2 Å². The largest absolute Gasteiger partial charge is 0.458 e. The molecular formula is C21H24N6O2. The van der Waals surface area contributed by atoms with Gasteiger partial charge in [-0.1, -0.05) is 6.07 Å². The minimum atomic E-state index is -0.202. The van der Waals surface area contributed by atoms with Crippen molar-refractivity contribution >= 4 is 11.6 Å². The summed E-state index contributed by atoms with van der Waals surface area (Å²) < 4.78 is 7.49. The summed E-state index contributed by atoms with van der Waals surface area (Å²) in [6.45, 7) is 7.97. The highest BCUT2D eigenvalue weighted by molar-refractivity contribution is 5.60. The van der Waals surface area contributed by atoms with Gasteiger partial charge in [-0.15, -0.1) is 0 Å². The molecule has 0 amide bonds. The van der Waals surface area contributed by atoms with E-state index in [0.717, 1.165) is 17.0 Å². The highest BCUT2D eigenvalue weighted by Gasteiger charge is 2.19. The van der Waals surface area contributed by atoms with Gasteiger partial charge in [-0.3, -0.25) is 4.98 Å². The number of nitrogens with one attached hydrogen (secondary N) is 1. The van der Waals surface area contributed by atoms with Crippen LogP contribution in [0.1, 0.15) is 43.5 Å². The Hall–Kier alpha value is -3.26. The minimum absolute atomic E-state index is 0.0909. The van der Waals surface area contributed by atoms with E-state index in [1.807, 2.05) is 31.2 Å². The molecule has 0 fully saturated rings. The summed E-state index contributed by atoms with van der Waals surface area (Å²) in [7, 11) is 0. The van der Waals surface area contributed by atoms with Crippen LogP contribution >= 0.6 is 0 Å². The Kier molecular flexibility index (Phi) is 4.79. The molecule has 0 saturated carbocycles. The molecule has 0 saturated heterocycles. The second-order valence-electron chi connectivity index (χ2n) is 8.02. The van der Waals surface area contributed by atoms with Crippen LogP contribution in [-0.4, -0.2) is 35.2 Å². The fraction of sp³-hybridized carbons (Fsp3) is 0.333. The SMILES string of the molecule is Cc1ccc(-c2nc(NC(C)(C)C)nc3c(Cc4cccc(CO)n4)cnn23)o1. The number of aliphatic hydroxyl groups is 1. The molecule has 0 radical (unpaired) electrons. The average molecular weight is 392 g/mol. The van der Waals surface area contributed by atoms with Crippen LogP contribution in [0.25, 0.3) is 17.2 Å². The molecule has 0 bridgehead atoms. The molecule has 0 spiro atoms. The van der Waals surface area contributed by atoms with Gasteiger partial charge in [0.2, 0.25) is 11.8 Å². The fourth-order valence-electron chi connectivity index (χ4n) is 3.06. The van der Waals surface area contributed by atoms with E-state index in [1.165, 1.54) is 0 Å². The van der Waals surface area contributed by atoms with Gasteiger partial charge >= 0.3 is 0 Å². The van der Waals surface area contributed by atoms with Gasteiger partial charge in [0.15, 0.2) is 11.4 Å². The highest BCUT2D eigenvalue weighted by atomic mass is 16.3. The highest BCUT2D eigenvalue weighted by Crippen LogP contribution is 2.25. The second-order valence-corrected chi connectivity index (χ2v) is 8.02. The van der Waals surface area contributed by atoms with Gasteiger partial charge in [0.05, 0.1) is 18.5 Å².